The molecule has 3 aromatic rings. The fraction of sp³-hybridized carbons (Fsp3) is 0.462. The normalized spacial score (nSPS) is 20.7. The van der Waals surface area contributed by atoms with Gasteiger partial charge in [0.2, 0.25) is 5.91 Å². The molecule has 1 aromatic carbocycles. The van der Waals surface area contributed by atoms with E-state index in [0.29, 0.717) is 12.1 Å². The number of thiophene rings is 1. The van der Waals surface area contributed by atoms with Crippen LogP contribution in [0.1, 0.15) is 72.8 Å². The maximum absolute atomic E-state index is 13.6. The smallest absolute Gasteiger partial charge is 0.233 e. The second-order valence-electron chi connectivity index (χ2n) is 9.96. The van der Waals surface area contributed by atoms with Crippen molar-refractivity contribution in [2.75, 3.05) is 0 Å². The molecule has 1 N–H and O–H groups in total. The standard InChI is InChI=1S/C26H30N2O2S/c1-14-10-15(2)12-17(11-14)23-22(16(3)29)20-13-21(31-24(20)27-23)26(4,5)25(30)28-18-6-7-19(28)9-8-18/h10-13,18-19,27H,6-9H2,1-5H3. The maximum atomic E-state index is 13.6. The predicted molar refractivity (Wildman–Crippen MR) is 127 cm³/mol. The molecule has 2 bridgehead atoms. The first-order valence-corrected chi connectivity index (χ1v) is 12.1. The third-order valence-corrected chi connectivity index (χ3v) is 8.56. The van der Waals surface area contributed by atoms with E-state index in [9.17, 15) is 9.59 Å². The average molecular weight is 435 g/mol. The van der Waals surface area contributed by atoms with Crippen LogP contribution in [0, 0.1) is 13.8 Å². The van der Waals surface area contributed by atoms with Crippen molar-refractivity contribution in [1.82, 2.24) is 9.88 Å². The summed E-state index contributed by atoms with van der Waals surface area (Å²) in [6.45, 7) is 9.86. The third-order valence-electron chi connectivity index (χ3n) is 7.19. The number of carbonyl (C=O) groups is 2. The number of aryl methyl sites for hydroxylation is 2. The van der Waals surface area contributed by atoms with E-state index in [1.165, 1.54) is 11.1 Å². The summed E-state index contributed by atoms with van der Waals surface area (Å²) in [5.74, 6) is 0.284. The molecule has 0 radical (unpaired) electrons. The molecule has 0 aliphatic carbocycles. The molecule has 2 fully saturated rings. The van der Waals surface area contributed by atoms with Gasteiger partial charge in [-0.1, -0.05) is 17.2 Å². The largest absolute Gasteiger partial charge is 0.346 e. The quantitative estimate of drug-likeness (QED) is 0.501. The summed E-state index contributed by atoms with van der Waals surface area (Å²) in [6.07, 6.45) is 4.58. The topological polar surface area (TPSA) is 53.2 Å². The highest BCUT2D eigenvalue weighted by molar-refractivity contribution is 7.19. The summed E-state index contributed by atoms with van der Waals surface area (Å²) in [5.41, 5.74) is 4.41. The van der Waals surface area contributed by atoms with Crippen LogP contribution in [0.5, 0.6) is 0 Å². The van der Waals surface area contributed by atoms with Crippen molar-refractivity contribution in [2.45, 2.75) is 77.8 Å². The molecule has 0 unspecified atom stereocenters. The van der Waals surface area contributed by atoms with E-state index in [4.69, 9.17) is 0 Å². The maximum Gasteiger partial charge on any atom is 0.233 e. The Morgan fingerprint density at radius 1 is 1.00 bits per heavy atom. The first-order chi connectivity index (χ1) is 14.7. The van der Waals surface area contributed by atoms with Gasteiger partial charge < -0.3 is 9.88 Å². The van der Waals surface area contributed by atoms with Gasteiger partial charge in [-0.3, -0.25) is 9.59 Å². The number of ketones is 1. The molecule has 5 heteroatoms. The Hall–Kier alpha value is -2.40. The van der Waals surface area contributed by atoms with E-state index in [-0.39, 0.29) is 11.7 Å². The third kappa shape index (κ3) is 3.16. The predicted octanol–water partition coefficient (Wildman–Crippen LogP) is 6.15. The first-order valence-electron chi connectivity index (χ1n) is 11.2. The van der Waals surface area contributed by atoms with Crippen molar-refractivity contribution in [1.29, 1.82) is 0 Å². The number of hydrogen-bond donors (Lipinski definition) is 1. The molecule has 31 heavy (non-hydrogen) atoms. The minimum absolute atomic E-state index is 0.0477. The fourth-order valence-electron chi connectivity index (χ4n) is 5.66. The van der Waals surface area contributed by atoms with Gasteiger partial charge in [0, 0.05) is 22.3 Å². The number of carbonyl (C=O) groups excluding carboxylic acids is 2. The molecule has 1 amide bonds. The Morgan fingerprint density at radius 2 is 1.58 bits per heavy atom. The molecule has 0 saturated carbocycles. The molecule has 0 atom stereocenters. The highest BCUT2D eigenvalue weighted by Gasteiger charge is 2.47. The highest BCUT2D eigenvalue weighted by Crippen LogP contribution is 2.44. The number of H-pyrrole nitrogens is 1. The van der Waals surface area contributed by atoms with Gasteiger partial charge in [0.1, 0.15) is 4.83 Å². The van der Waals surface area contributed by atoms with E-state index in [1.54, 1.807) is 18.3 Å². The zero-order valence-corrected chi connectivity index (χ0v) is 19.8. The van der Waals surface area contributed by atoms with Gasteiger partial charge in [0.05, 0.1) is 16.7 Å². The Kier molecular flexibility index (Phi) is 4.67. The number of fused-ring (bicyclic) bond motifs is 3. The number of Topliss-reactive ketones (excluding diaryl/α,β-unsaturated/α-hetero) is 1. The zero-order valence-electron chi connectivity index (χ0n) is 19.0. The van der Waals surface area contributed by atoms with Gasteiger partial charge in [-0.25, -0.2) is 0 Å². The molecule has 5 rings (SSSR count). The molecule has 4 heterocycles. The van der Waals surface area contributed by atoms with Crippen LogP contribution in [0.2, 0.25) is 0 Å². The van der Waals surface area contributed by atoms with E-state index < -0.39 is 5.41 Å². The second kappa shape index (κ2) is 7.06. The van der Waals surface area contributed by atoms with Crippen LogP contribution in [0.3, 0.4) is 0 Å². The fourth-order valence-corrected chi connectivity index (χ4v) is 6.83. The first kappa shape index (κ1) is 20.5. The van der Waals surface area contributed by atoms with Crippen LogP contribution in [0.4, 0.5) is 0 Å². The van der Waals surface area contributed by atoms with Crippen LogP contribution in [-0.2, 0) is 10.2 Å². The van der Waals surface area contributed by atoms with Crippen LogP contribution < -0.4 is 0 Å². The van der Waals surface area contributed by atoms with Gasteiger partial charge in [-0.05, 0) is 84.1 Å². The van der Waals surface area contributed by atoms with Crippen LogP contribution in [0.25, 0.3) is 21.5 Å². The number of rotatable bonds is 4. The number of hydrogen-bond acceptors (Lipinski definition) is 3. The lowest BCUT2D eigenvalue weighted by molar-refractivity contribution is -0.137. The van der Waals surface area contributed by atoms with Gasteiger partial charge in [0.15, 0.2) is 5.78 Å². The molecule has 162 valence electrons. The van der Waals surface area contributed by atoms with E-state index >= 15 is 0 Å². The van der Waals surface area contributed by atoms with Crippen LogP contribution in [0.15, 0.2) is 24.3 Å². The monoisotopic (exact) mass is 434 g/mol. The Labute approximate surface area is 187 Å². The number of nitrogens with one attached hydrogen (secondary N) is 1. The summed E-state index contributed by atoms with van der Waals surface area (Å²) < 4.78 is 0. The lowest BCUT2D eigenvalue weighted by atomic mass is 9.88. The van der Waals surface area contributed by atoms with Crippen LogP contribution >= 0.6 is 11.3 Å². The number of nitrogens with zero attached hydrogens (tertiary/aromatic N) is 1. The van der Waals surface area contributed by atoms with Crippen molar-refractivity contribution in [3.05, 3.63) is 45.8 Å². The molecule has 2 aliphatic heterocycles. The van der Waals surface area contributed by atoms with Gasteiger partial charge in [-0.2, -0.15) is 0 Å². The van der Waals surface area contributed by atoms with Crippen molar-refractivity contribution < 1.29 is 9.59 Å². The highest BCUT2D eigenvalue weighted by atomic mass is 32.1. The molecule has 0 spiro atoms. The van der Waals surface area contributed by atoms with Gasteiger partial charge in [0.25, 0.3) is 0 Å². The zero-order chi connectivity index (χ0) is 22.1. The average Bonchev–Trinajstić information content (AvgIpc) is 3.45. The lowest BCUT2D eigenvalue weighted by Gasteiger charge is -2.31. The summed E-state index contributed by atoms with van der Waals surface area (Å²) in [7, 11) is 0. The van der Waals surface area contributed by atoms with E-state index in [1.807, 2.05) is 13.8 Å². The summed E-state index contributed by atoms with van der Waals surface area (Å²) in [6, 6.07) is 9.30. The molecule has 2 saturated heterocycles. The Morgan fingerprint density at radius 3 is 2.13 bits per heavy atom. The lowest BCUT2D eigenvalue weighted by Crippen LogP contribution is -2.45. The second-order valence-corrected chi connectivity index (χ2v) is 11.0. The molecule has 2 aliphatic rings. The minimum Gasteiger partial charge on any atom is -0.346 e. The Balaban J connectivity index is 1.58. The van der Waals surface area contributed by atoms with E-state index in [0.717, 1.165) is 57.6 Å². The summed E-state index contributed by atoms with van der Waals surface area (Å²) in [4.78, 5) is 33.9. The number of aromatic amines is 1. The van der Waals surface area contributed by atoms with Crippen molar-refractivity contribution in [3.63, 3.8) is 0 Å². The van der Waals surface area contributed by atoms with Crippen molar-refractivity contribution in [3.8, 4) is 11.3 Å². The Bertz CT molecular complexity index is 1180. The molecular weight excluding hydrogens is 404 g/mol. The number of aromatic nitrogens is 1. The minimum atomic E-state index is -0.593. The summed E-state index contributed by atoms with van der Waals surface area (Å²) in [5, 5.41) is 0.937. The molecular formula is C26H30N2O2S. The number of benzene rings is 1. The number of amides is 1. The SMILES string of the molecule is CC(=O)c1c(-c2cc(C)cc(C)c2)[nH]c2sc(C(C)(C)C(=O)N3C4CCC3CC4)cc12. The van der Waals surface area contributed by atoms with Crippen molar-refractivity contribution >= 4 is 33.2 Å². The summed E-state index contributed by atoms with van der Waals surface area (Å²) >= 11 is 1.61. The van der Waals surface area contributed by atoms with Crippen LogP contribution in [-0.4, -0.2) is 33.7 Å². The van der Waals surface area contributed by atoms with Gasteiger partial charge in [-0.15, -0.1) is 11.3 Å². The molecule has 2 aromatic heterocycles. The van der Waals surface area contributed by atoms with E-state index in [2.05, 4.69) is 48.0 Å². The molecule has 4 nitrogen and oxygen atoms in total. The van der Waals surface area contributed by atoms with Gasteiger partial charge >= 0.3 is 0 Å². The van der Waals surface area contributed by atoms with Crippen molar-refractivity contribution in [2.24, 2.45) is 0 Å².